The van der Waals surface area contributed by atoms with Crippen LogP contribution in [-0.4, -0.2) is 53.6 Å². The summed E-state index contributed by atoms with van der Waals surface area (Å²) in [5.41, 5.74) is 10.7. The molecule has 3 aromatic carbocycles. The molecule has 0 saturated heterocycles. The first-order valence-corrected chi connectivity index (χ1v) is 15.6. The van der Waals surface area contributed by atoms with Crippen LogP contribution in [0, 0.1) is 18.6 Å². The first kappa shape index (κ1) is 33.2. The van der Waals surface area contributed by atoms with Gasteiger partial charge in [0.2, 0.25) is 0 Å². The number of carbonyl (C=O) groups excluding carboxylic acids is 2. The lowest BCUT2D eigenvalue weighted by atomic mass is 9.88. The van der Waals surface area contributed by atoms with E-state index in [1.165, 1.54) is 23.3 Å². The lowest BCUT2D eigenvalue weighted by Crippen LogP contribution is -2.51. The summed E-state index contributed by atoms with van der Waals surface area (Å²) < 4.78 is 28.1. The SMILES string of the molecule is CCCN(CCC)C(=O)c1cc(C)cc(C(=O)N[C@@H](Cc2cc(F)cc(F)c2)[C@H](O)CNN[C@@H]2CCCc3ccccc32)c1. The number of hydrogen-bond donors (Lipinski definition) is 4. The van der Waals surface area contributed by atoms with Crippen molar-refractivity contribution in [2.75, 3.05) is 19.6 Å². The van der Waals surface area contributed by atoms with E-state index in [1.807, 2.05) is 32.9 Å². The number of halogens is 2. The maximum absolute atomic E-state index is 14.0. The van der Waals surface area contributed by atoms with Crippen LogP contribution in [0.2, 0.25) is 0 Å². The van der Waals surface area contributed by atoms with Crippen molar-refractivity contribution >= 4 is 11.8 Å². The van der Waals surface area contributed by atoms with Crippen molar-refractivity contribution in [3.8, 4) is 0 Å². The van der Waals surface area contributed by atoms with Crippen LogP contribution in [0.4, 0.5) is 8.78 Å². The summed E-state index contributed by atoms with van der Waals surface area (Å²) in [6.07, 6.45) is 3.53. The van der Waals surface area contributed by atoms with Gasteiger partial charge in [-0.3, -0.25) is 20.4 Å². The third-order valence-corrected chi connectivity index (χ3v) is 7.98. The normalized spacial score (nSPS) is 15.7. The van der Waals surface area contributed by atoms with Crippen molar-refractivity contribution < 1.29 is 23.5 Å². The molecule has 4 rings (SSSR count). The Bertz CT molecular complexity index is 1410. The zero-order valence-electron chi connectivity index (χ0n) is 25.8. The Morgan fingerprint density at radius 1 is 0.977 bits per heavy atom. The number of fused-ring (bicyclic) bond motifs is 1. The number of rotatable bonds is 14. The van der Waals surface area contributed by atoms with Crippen LogP contribution in [0.1, 0.15) is 88.5 Å². The molecule has 0 aromatic heterocycles. The summed E-state index contributed by atoms with van der Waals surface area (Å²) in [7, 11) is 0. The molecule has 4 N–H and O–H groups in total. The molecule has 2 amide bonds. The molecule has 0 fully saturated rings. The Hall–Kier alpha value is -3.66. The van der Waals surface area contributed by atoms with Gasteiger partial charge in [-0.05, 0) is 98.0 Å². The number of hydrogen-bond acceptors (Lipinski definition) is 5. The van der Waals surface area contributed by atoms with Crippen molar-refractivity contribution in [1.29, 1.82) is 0 Å². The van der Waals surface area contributed by atoms with Gasteiger partial charge >= 0.3 is 0 Å². The highest BCUT2D eigenvalue weighted by atomic mass is 19.1. The molecule has 0 spiro atoms. The number of benzene rings is 3. The predicted molar refractivity (Wildman–Crippen MR) is 168 cm³/mol. The number of carbonyl (C=O) groups is 2. The molecule has 1 aliphatic carbocycles. The lowest BCUT2D eigenvalue weighted by Gasteiger charge is -2.29. The number of hydrazine groups is 1. The molecule has 0 radical (unpaired) electrons. The van der Waals surface area contributed by atoms with E-state index in [0.29, 0.717) is 24.2 Å². The second-order valence-electron chi connectivity index (χ2n) is 11.7. The summed E-state index contributed by atoms with van der Waals surface area (Å²) in [6, 6.07) is 15.6. The third-order valence-electron chi connectivity index (χ3n) is 7.98. The van der Waals surface area contributed by atoms with E-state index in [0.717, 1.165) is 43.7 Å². The molecule has 236 valence electrons. The van der Waals surface area contributed by atoms with E-state index in [-0.39, 0.29) is 30.5 Å². The minimum atomic E-state index is -1.10. The highest BCUT2D eigenvalue weighted by Crippen LogP contribution is 2.28. The monoisotopic (exact) mass is 606 g/mol. The third kappa shape index (κ3) is 8.94. The molecule has 0 saturated carbocycles. The maximum Gasteiger partial charge on any atom is 0.253 e. The minimum absolute atomic E-state index is 0.00604. The largest absolute Gasteiger partial charge is 0.390 e. The van der Waals surface area contributed by atoms with E-state index in [1.54, 1.807) is 23.1 Å². The van der Waals surface area contributed by atoms with Gasteiger partial charge in [0.1, 0.15) is 11.6 Å². The van der Waals surface area contributed by atoms with E-state index in [9.17, 15) is 23.5 Å². The van der Waals surface area contributed by atoms with Crippen molar-refractivity contribution in [1.82, 2.24) is 21.1 Å². The molecule has 1 aliphatic rings. The van der Waals surface area contributed by atoms with Crippen molar-refractivity contribution in [2.45, 2.75) is 77.5 Å². The van der Waals surface area contributed by atoms with Crippen molar-refractivity contribution in [3.63, 3.8) is 0 Å². The Balaban J connectivity index is 1.50. The van der Waals surface area contributed by atoms with Crippen LogP contribution >= 0.6 is 0 Å². The first-order valence-electron chi connectivity index (χ1n) is 15.6. The van der Waals surface area contributed by atoms with Gasteiger partial charge in [0.15, 0.2) is 0 Å². The molecule has 9 heteroatoms. The highest BCUT2D eigenvalue weighted by molar-refractivity contribution is 6.00. The number of aliphatic hydroxyl groups is 1. The van der Waals surface area contributed by atoms with Crippen molar-refractivity contribution in [2.24, 2.45) is 0 Å². The summed E-state index contributed by atoms with van der Waals surface area (Å²) in [5.74, 6) is -2.10. The molecule has 0 bridgehead atoms. The summed E-state index contributed by atoms with van der Waals surface area (Å²) >= 11 is 0. The fraction of sp³-hybridized carbons (Fsp3) is 0.429. The van der Waals surface area contributed by atoms with Crippen LogP contribution in [0.5, 0.6) is 0 Å². The van der Waals surface area contributed by atoms with Gasteiger partial charge in [0.25, 0.3) is 11.8 Å². The minimum Gasteiger partial charge on any atom is -0.390 e. The number of aliphatic hydroxyl groups excluding tert-OH is 1. The zero-order chi connectivity index (χ0) is 31.6. The molecule has 44 heavy (non-hydrogen) atoms. The first-order chi connectivity index (χ1) is 21.2. The van der Waals surface area contributed by atoms with Crippen LogP contribution in [0.25, 0.3) is 0 Å². The number of nitrogens with zero attached hydrogens (tertiary/aromatic N) is 1. The van der Waals surface area contributed by atoms with Gasteiger partial charge in [-0.1, -0.05) is 38.1 Å². The van der Waals surface area contributed by atoms with Gasteiger partial charge in [0.05, 0.1) is 12.1 Å². The van der Waals surface area contributed by atoms with Gasteiger partial charge in [-0.15, -0.1) is 0 Å². The van der Waals surface area contributed by atoms with Gasteiger partial charge < -0.3 is 15.3 Å². The van der Waals surface area contributed by atoms with Crippen LogP contribution in [0.3, 0.4) is 0 Å². The van der Waals surface area contributed by atoms with Gasteiger partial charge in [0, 0.05) is 42.9 Å². The van der Waals surface area contributed by atoms with E-state index >= 15 is 0 Å². The summed E-state index contributed by atoms with van der Waals surface area (Å²) in [5, 5.41) is 14.1. The second-order valence-corrected chi connectivity index (χ2v) is 11.7. The molecule has 3 atom stereocenters. The molecular formula is C35H44F2N4O3. The Kier molecular flexibility index (Phi) is 12.0. The smallest absolute Gasteiger partial charge is 0.253 e. The van der Waals surface area contributed by atoms with E-state index < -0.39 is 29.7 Å². The summed E-state index contributed by atoms with van der Waals surface area (Å²) in [4.78, 5) is 28.6. The number of nitrogens with one attached hydrogen (secondary N) is 3. The molecular weight excluding hydrogens is 562 g/mol. The van der Waals surface area contributed by atoms with E-state index in [4.69, 9.17) is 0 Å². The molecule has 0 aliphatic heterocycles. The van der Waals surface area contributed by atoms with Crippen LogP contribution < -0.4 is 16.2 Å². The quantitative estimate of drug-likeness (QED) is 0.184. The fourth-order valence-electron chi connectivity index (χ4n) is 5.93. The number of aryl methyl sites for hydroxylation is 2. The summed E-state index contributed by atoms with van der Waals surface area (Å²) in [6.45, 7) is 7.15. The average molecular weight is 607 g/mol. The standard InChI is InChI=1S/C35H44F2N4O3/c1-4-13-41(14-5-2)35(44)27-16-23(3)15-26(20-27)34(43)39-32(19-24-17-28(36)21-29(37)18-24)33(42)22-38-40-31-12-8-10-25-9-6-7-11-30(25)31/h6-7,9,11,15-18,20-21,31-33,38,40,42H,4-5,8,10,12-14,19,22H2,1-3H3,(H,39,43)/t31-,32+,33-/m1/s1. The maximum atomic E-state index is 14.0. The van der Waals surface area contributed by atoms with Crippen LogP contribution in [-0.2, 0) is 12.8 Å². The van der Waals surface area contributed by atoms with E-state index in [2.05, 4.69) is 28.3 Å². The fourth-order valence-corrected chi connectivity index (χ4v) is 5.93. The number of amides is 2. The lowest BCUT2D eigenvalue weighted by molar-refractivity contribution is 0.0755. The van der Waals surface area contributed by atoms with Gasteiger partial charge in [-0.25, -0.2) is 8.78 Å². The second kappa shape index (κ2) is 15.9. The Morgan fingerprint density at radius 3 is 2.36 bits per heavy atom. The predicted octanol–water partition coefficient (Wildman–Crippen LogP) is 5.41. The highest BCUT2D eigenvalue weighted by Gasteiger charge is 2.25. The molecule has 0 heterocycles. The Morgan fingerprint density at radius 2 is 1.66 bits per heavy atom. The topological polar surface area (TPSA) is 93.7 Å². The van der Waals surface area contributed by atoms with Gasteiger partial charge in [-0.2, -0.15) is 0 Å². The van der Waals surface area contributed by atoms with Crippen LogP contribution in [0.15, 0.2) is 60.7 Å². The average Bonchev–Trinajstić information content (AvgIpc) is 2.99. The molecule has 7 nitrogen and oxygen atoms in total. The Labute approximate surface area is 259 Å². The molecule has 3 aromatic rings. The van der Waals surface area contributed by atoms with Crippen molar-refractivity contribution in [3.05, 3.63) is 106 Å². The zero-order valence-corrected chi connectivity index (χ0v) is 25.8. The molecule has 0 unspecified atom stereocenters.